The van der Waals surface area contributed by atoms with E-state index in [9.17, 15) is 25.5 Å². The lowest BCUT2D eigenvalue weighted by molar-refractivity contribution is -0.314. The molecule has 0 bridgehead atoms. The first-order valence-corrected chi connectivity index (χ1v) is 9.07. The number of phenols is 1. The van der Waals surface area contributed by atoms with Crippen molar-refractivity contribution in [3.8, 4) is 22.6 Å². The molecule has 1 aliphatic rings. The number of aliphatic hydroxyl groups excluding tert-OH is 3. The van der Waals surface area contributed by atoms with Crippen molar-refractivity contribution < 1.29 is 35.0 Å². The van der Waals surface area contributed by atoms with Gasteiger partial charge in [0.1, 0.15) is 29.8 Å². The average Bonchev–Trinajstić information content (AvgIpc) is 2.66. The van der Waals surface area contributed by atoms with Gasteiger partial charge in [-0.05, 0) is 67.3 Å². The summed E-state index contributed by atoms with van der Waals surface area (Å²) in [7, 11) is 0. The Morgan fingerprint density at radius 1 is 1.04 bits per heavy atom. The summed E-state index contributed by atoms with van der Waals surface area (Å²) >= 11 is 0. The van der Waals surface area contributed by atoms with E-state index < -0.39 is 36.8 Å². The Morgan fingerprint density at radius 3 is 2.21 bits per heavy atom. The highest BCUT2D eigenvalue weighted by Crippen LogP contribution is 2.34. The number of hydrogen-bond acceptors (Lipinski definition) is 7. The zero-order chi connectivity index (χ0) is 20.6. The minimum atomic E-state index is -1.87. The minimum Gasteiger partial charge on any atom is -0.508 e. The minimum absolute atomic E-state index is 0.233. The van der Waals surface area contributed by atoms with Gasteiger partial charge < -0.3 is 35.0 Å². The monoisotopic (exact) mass is 390 g/mol. The predicted molar refractivity (Wildman–Crippen MR) is 102 cm³/mol. The maximum Gasteiger partial charge on any atom is 0.231 e. The van der Waals surface area contributed by atoms with Crippen molar-refractivity contribution in [2.45, 2.75) is 51.0 Å². The number of rotatable bonds is 4. The predicted octanol–water partition coefficient (Wildman–Crippen LogP) is 1.24. The maximum absolute atomic E-state index is 10.6. The van der Waals surface area contributed by atoms with Gasteiger partial charge >= 0.3 is 0 Å². The standard InChI is InChI=1S/C21H26O7/c1-11-8-13(4-6-15(11)23)14-5-7-16(12(2)9-14)27-20-21(3,26)19(25)18(24)17(10-22)28-20/h4-9,17-20,22-26H,10H2,1-3H3/t17-,18-,19+,20+,21+/m1/s1. The second kappa shape index (κ2) is 7.69. The molecule has 0 spiro atoms. The van der Waals surface area contributed by atoms with E-state index in [1.165, 1.54) is 6.92 Å². The molecule has 152 valence electrons. The van der Waals surface area contributed by atoms with Crippen LogP contribution in [-0.4, -0.2) is 62.3 Å². The van der Waals surface area contributed by atoms with Gasteiger partial charge in [0, 0.05) is 0 Å². The van der Waals surface area contributed by atoms with Crippen LogP contribution in [0.1, 0.15) is 18.1 Å². The summed E-state index contributed by atoms with van der Waals surface area (Å²) in [4.78, 5) is 0. The first kappa shape index (κ1) is 20.6. The van der Waals surface area contributed by atoms with E-state index in [0.29, 0.717) is 5.75 Å². The van der Waals surface area contributed by atoms with Crippen LogP contribution in [0.5, 0.6) is 11.5 Å². The molecule has 7 nitrogen and oxygen atoms in total. The van der Waals surface area contributed by atoms with Crippen LogP contribution in [0.15, 0.2) is 36.4 Å². The Balaban J connectivity index is 1.85. The normalized spacial score (nSPS) is 30.2. The number of aromatic hydroxyl groups is 1. The number of aliphatic hydroxyl groups is 4. The second-order valence-electron chi connectivity index (χ2n) is 7.45. The summed E-state index contributed by atoms with van der Waals surface area (Å²) in [5, 5.41) is 49.7. The van der Waals surface area contributed by atoms with Crippen molar-refractivity contribution in [2.75, 3.05) is 6.61 Å². The Kier molecular flexibility index (Phi) is 5.65. The molecule has 0 amide bonds. The van der Waals surface area contributed by atoms with Gasteiger partial charge in [0.25, 0.3) is 0 Å². The number of phenolic OH excluding ortho intramolecular Hbond substituents is 1. The lowest BCUT2D eigenvalue weighted by Gasteiger charge is -2.45. The van der Waals surface area contributed by atoms with Crippen LogP contribution in [0.4, 0.5) is 0 Å². The van der Waals surface area contributed by atoms with E-state index in [-0.39, 0.29) is 5.75 Å². The molecule has 0 saturated carbocycles. The van der Waals surface area contributed by atoms with Gasteiger partial charge in [-0.3, -0.25) is 0 Å². The fourth-order valence-electron chi connectivity index (χ4n) is 3.28. The molecular weight excluding hydrogens is 364 g/mol. The molecule has 1 fully saturated rings. The van der Waals surface area contributed by atoms with E-state index >= 15 is 0 Å². The van der Waals surface area contributed by atoms with Gasteiger partial charge in [0.05, 0.1) is 6.61 Å². The summed E-state index contributed by atoms with van der Waals surface area (Å²) in [6, 6.07) is 10.8. The molecule has 5 atom stereocenters. The fraction of sp³-hybridized carbons (Fsp3) is 0.429. The van der Waals surface area contributed by atoms with E-state index in [1.807, 2.05) is 38.1 Å². The van der Waals surface area contributed by atoms with E-state index in [2.05, 4.69) is 0 Å². The number of aryl methyl sites for hydroxylation is 2. The van der Waals surface area contributed by atoms with Gasteiger partial charge in [0.2, 0.25) is 6.29 Å². The topological polar surface area (TPSA) is 120 Å². The van der Waals surface area contributed by atoms with Crippen molar-refractivity contribution in [1.29, 1.82) is 0 Å². The van der Waals surface area contributed by atoms with Crippen LogP contribution in [0, 0.1) is 13.8 Å². The van der Waals surface area contributed by atoms with Gasteiger partial charge in [0.15, 0.2) is 5.60 Å². The summed E-state index contributed by atoms with van der Waals surface area (Å²) in [5.74, 6) is 0.668. The highest BCUT2D eigenvalue weighted by Gasteiger charge is 2.53. The largest absolute Gasteiger partial charge is 0.508 e. The van der Waals surface area contributed by atoms with Gasteiger partial charge in [-0.1, -0.05) is 12.1 Å². The van der Waals surface area contributed by atoms with Crippen molar-refractivity contribution in [2.24, 2.45) is 0 Å². The quantitative estimate of drug-likeness (QED) is 0.533. The van der Waals surface area contributed by atoms with Crippen molar-refractivity contribution in [1.82, 2.24) is 0 Å². The zero-order valence-corrected chi connectivity index (χ0v) is 16.0. The average molecular weight is 390 g/mol. The molecule has 5 N–H and O–H groups in total. The van der Waals surface area contributed by atoms with Gasteiger partial charge in [-0.25, -0.2) is 0 Å². The molecule has 2 aromatic carbocycles. The zero-order valence-electron chi connectivity index (χ0n) is 16.0. The molecule has 1 saturated heterocycles. The summed E-state index contributed by atoms with van der Waals surface area (Å²) in [5.41, 5.74) is 1.52. The smallest absolute Gasteiger partial charge is 0.231 e. The molecule has 1 aliphatic heterocycles. The molecule has 0 aromatic heterocycles. The van der Waals surface area contributed by atoms with Crippen LogP contribution in [0.25, 0.3) is 11.1 Å². The van der Waals surface area contributed by atoms with Crippen molar-refractivity contribution in [3.05, 3.63) is 47.5 Å². The molecule has 28 heavy (non-hydrogen) atoms. The van der Waals surface area contributed by atoms with Crippen LogP contribution in [-0.2, 0) is 4.74 Å². The SMILES string of the molecule is Cc1cc(-c2ccc(O[C@H]3O[C@H](CO)[C@@H](O)[C@H](O)[C@]3(C)O)c(C)c2)ccc1O. The molecule has 2 aromatic rings. The van der Waals surface area contributed by atoms with E-state index in [1.54, 1.807) is 12.1 Å². The molecule has 7 heteroatoms. The molecular formula is C21H26O7. The summed E-state index contributed by atoms with van der Waals surface area (Å²) in [6.45, 7) is 4.44. The first-order chi connectivity index (χ1) is 13.1. The third kappa shape index (κ3) is 3.72. The number of hydrogen-bond donors (Lipinski definition) is 5. The third-order valence-corrected chi connectivity index (χ3v) is 5.20. The highest BCUT2D eigenvalue weighted by atomic mass is 16.7. The number of benzene rings is 2. The fourth-order valence-corrected chi connectivity index (χ4v) is 3.28. The lowest BCUT2D eigenvalue weighted by atomic mass is 9.88. The van der Waals surface area contributed by atoms with E-state index in [0.717, 1.165) is 22.3 Å². The van der Waals surface area contributed by atoms with Gasteiger partial charge in [-0.2, -0.15) is 0 Å². The van der Waals surface area contributed by atoms with Crippen molar-refractivity contribution in [3.63, 3.8) is 0 Å². The summed E-state index contributed by atoms with van der Waals surface area (Å²) in [6.07, 6.45) is -5.31. The molecule has 0 radical (unpaired) electrons. The molecule has 1 heterocycles. The van der Waals surface area contributed by atoms with Crippen molar-refractivity contribution >= 4 is 0 Å². The van der Waals surface area contributed by atoms with Crippen LogP contribution in [0.2, 0.25) is 0 Å². The van der Waals surface area contributed by atoms with Crippen LogP contribution >= 0.6 is 0 Å². The maximum atomic E-state index is 10.6. The Hall–Kier alpha value is -2.16. The Labute approximate surface area is 163 Å². The number of ether oxygens (including phenoxy) is 2. The van der Waals surface area contributed by atoms with Gasteiger partial charge in [-0.15, -0.1) is 0 Å². The van der Waals surface area contributed by atoms with Crippen LogP contribution < -0.4 is 4.74 Å². The first-order valence-electron chi connectivity index (χ1n) is 9.07. The summed E-state index contributed by atoms with van der Waals surface area (Å²) < 4.78 is 11.3. The Morgan fingerprint density at radius 2 is 1.64 bits per heavy atom. The Bertz CT molecular complexity index is 849. The second-order valence-corrected chi connectivity index (χ2v) is 7.45. The molecule has 0 aliphatic carbocycles. The van der Waals surface area contributed by atoms with Crippen LogP contribution in [0.3, 0.4) is 0 Å². The third-order valence-electron chi connectivity index (χ3n) is 5.20. The lowest BCUT2D eigenvalue weighted by Crippen LogP contribution is -2.66. The highest BCUT2D eigenvalue weighted by molar-refractivity contribution is 5.67. The van der Waals surface area contributed by atoms with E-state index in [4.69, 9.17) is 9.47 Å². The molecule has 3 rings (SSSR count). The molecule has 0 unspecified atom stereocenters.